The molecule has 3 aromatic rings. The average molecular weight is 338 g/mol. The van der Waals surface area contributed by atoms with Crippen molar-refractivity contribution in [2.45, 2.75) is 33.2 Å². The molecule has 0 aliphatic heterocycles. The van der Waals surface area contributed by atoms with Gasteiger partial charge < -0.3 is 5.11 Å². The van der Waals surface area contributed by atoms with Gasteiger partial charge in [-0.3, -0.25) is 14.3 Å². The van der Waals surface area contributed by atoms with Crippen LogP contribution in [0.3, 0.4) is 0 Å². The average Bonchev–Trinajstić information content (AvgIpc) is 2.92. The largest absolute Gasteiger partial charge is 0.480 e. The summed E-state index contributed by atoms with van der Waals surface area (Å²) in [4.78, 5) is 31.6. The maximum absolute atomic E-state index is 11.9. The van der Waals surface area contributed by atoms with Crippen LogP contribution in [0.4, 0.5) is 0 Å². The van der Waals surface area contributed by atoms with E-state index in [1.807, 2.05) is 26.0 Å². The van der Waals surface area contributed by atoms with Crippen molar-refractivity contribution in [2.24, 2.45) is 0 Å². The number of carbonyl (C=O) groups is 2. The molecule has 1 aromatic carbocycles. The lowest BCUT2D eigenvalue weighted by atomic mass is 10.0. The molecule has 0 aliphatic carbocycles. The summed E-state index contributed by atoms with van der Waals surface area (Å²) in [6, 6.07) is 5.44. The molecule has 2 aromatic heterocycles. The number of carbonyl (C=O) groups excluding carboxylic acids is 1. The molecule has 0 saturated heterocycles. The maximum atomic E-state index is 11.9. The molecule has 3 rings (SSSR count). The lowest BCUT2D eigenvalue weighted by molar-refractivity contribution is -0.137. The fourth-order valence-corrected chi connectivity index (χ4v) is 2.65. The Bertz CT molecular complexity index is 958. The molecule has 0 saturated carbocycles. The smallest absolute Gasteiger partial charge is 0.325 e. The van der Waals surface area contributed by atoms with Crippen LogP contribution in [0.25, 0.3) is 22.0 Å². The number of fused-ring (bicyclic) bond motifs is 1. The predicted octanol–water partition coefficient (Wildman–Crippen LogP) is 2.90. The van der Waals surface area contributed by atoms with Gasteiger partial charge in [-0.1, -0.05) is 19.9 Å². The Morgan fingerprint density at radius 1 is 1.16 bits per heavy atom. The lowest BCUT2D eigenvalue weighted by Crippen LogP contribution is -2.10. The van der Waals surface area contributed by atoms with Crippen LogP contribution in [0.1, 0.15) is 43.0 Å². The second-order valence-electron chi connectivity index (χ2n) is 6.17. The molecule has 1 N–H and O–H groups in total. The standard InChI is InChI=1S/C18H18N4O3/c1-10(2)18-19-7-13(8-20-18)12-4-5-15-14(6-12)17(11(3)23)21-22(15)9-16(24)25/h4-8,10H,9H2,1-3H3,(H,24,25). The summed E-state index contributed by atoms with van der Waals surface area (Å²) in [6.45, 7) is 5.17. The van der Waals surface area contributed by atoms with Gasteiger partial charge in [0.25, 0.3) is 0 Å². The number of Topliss-reactive ketones (excluding diaryl/α,β-unsaturated/α-hetero) is 1. The minimum Gasteiger partial charge on any atom is -0.480 e. The van der Waals surface area contributed by atoms with Crippen molar-refractivity contribution in [3.63, 3.8) is 0 Å². The summed E-state index contributed by atoms with van der Waals surface area (Å²) in [5.74, 6) is -0.211. The van der Waals surface area contributed by atoms with E-state index < -0.39 is 5.97 Å². The third kappa shape index (κ3) is 3.26. The van der Waals surface area contributed by atoms with E-state index in [1.165, 1.54) is 11.6 Å². The summed E-state index contributed by atoms with van der Waals surface area (Å²) in [5.41, 5.74) is 2.54. The molecule has 0 fully saturated rings. The van der Waals surface area contributed by atoms with E-state index in [4.69, 9.17) is 5.11 Å². The molecule has 0 aliphatic rings. The van der Waals surface area contributed by atoms with Crippen molar-refractivity contribution in [1.29, 1.82) is 0 Å². The minimum absolute atomic E-state index is 0.210. The van der Waals surface area contributed by atoms with Crippen LogP contribution < -0.4 is 0 Å². The van der Waals surface area contributed by atoms with Gasteiger partial charge in [0, 0.05) is 36.2 Å². The van der Waals surface area contributed by atoms with E-state index in [0.717, 1.165) is 17.0 Å². The first-order valence-corrected chi connectivity index (χ1v) is 7.92. The van der Waals surface area contributed by atoms with Crippen LogP contribution in [-0.4, -0.2) is 36.6 Å². The number of carboxylic acid groups (broad SMARTS) is 1. The van der Waals surface area contributed by atoms with Crippen molar-refractivity contribution in [3.05, 3.63) is 42.1 Å². The first-order valence-electron chi connectivity index (χ1n) is 7.92. The Labute approximate surface area is 144 Å². The molecule has 0 radical (unpaired) electrons. The van der Waals surface area contributed by atoms with Gasteiger partial charge in [0.2, 0.25) is 0 Å². The van der Waals surface area contributed by atoms with Crippen molar-refractivity contribution in [2.75, 3.05) is 0 Å². The molecule has 0 atom stereocenters. The van der Waals surface area contributed by atoms with Gasteiger partial charge in [-0.05, 0) is 17.7 Å². The quantitative estimate of drug-likeness (QED) is 0.718. The van der Waals surface area contributed by atoms with Crippen LogP contribution in [0.5, 0.6) is 0 Å². The van der Waals surface area contributed by atoms with Crippen LogP contribution in [-0.2, 0) is 11.3 Å². The van der Waals surface area contributed by atoms with E-state index in [-0.39, 0.29) is 23.9 Å². The van der Waals surface area contributed by atoms with E-state index in [2.05, 4.69) is 15.1 Å². The van der Waals surface area contributed by atoms with Crippen LogP contribution >= 0.6 is 0 Å². The zero-order chi connectivity index (χ0) is 18.1. The molecule has 0 unspecified atom stereocenters. The minimum atomic E-state index is -1.01. The van der Waals surface area contributed by atoms with E-state index in [0.29, 0.717) is 10.9 Å². The highest BCUT2D eigenvalue weighted by Crippen LogP contribution is 2.27. The third-order valence-corrected chi connectivity index (χ3v) is 3.89. The molecular formula is C18H18N4O3. The second kappa shape index (κ2) is 6.43. The molecule has 7 nitrogen and oxygen atoms in total. The Balaban J connectivity index is 2.11. The zero-order valence-corrected chi connectivity index (χ0v) is 14.2. The number of rotatable bonds is 5. The Morgan fingerprint density at radius 3 is 2.40 bits per heavy atom. The van der Waals surface area contributed by atoms with Gasteiger partial charge >= 0.3 is 5.97 Å². The highest BCUT2D eigenvalue weighted by molar-refractivity contribution is 6.06. The summed E-state index contributed by atoms with van der Waals surface area (Å²) in [7, 11) is 0. The molecular weight excluding hydrogens is 320 g/mol. The molecule has 0 amide bonds. The van der Waals surface area contributed by atoms with Crippen LogP contribution in [0, 0.1) is 0 Å². The van der Waals surface area contributed by atoms with Gasteiger partial charge in [0.1, 0.15) is 18.1 Å². The van der Waals surface area contributed by atoms with Gasteiger partial charge in [0.05, 0.1) is 5.52 Å². The first kappa shape index (κ1) is 16.8. The SMILES string of the molecule is CC(=O)c1nn(CC(=O)O)c2ccc(-c3cnc(C(C)C)nc3)cc12. The Kier molecular flexibility index (Phi) is 4.31. The zero-order valence-electron chi connectivity index (χ0n) is 14.2. The number of aliphatic carboxylic acids is 1. The Hall–Kier alpha value is -3.09. The number of aromatic nitrogens is 4. The van der Waals surface area contributed by atoms with Crippen molar-refractivity contribution >= 4 is 22.7 Å². The molecule has 128 valence electrons. The molecule has 2 heterocycles. The second-order valence-corrected chi connectivity index (χ2v) is 6.17. The van der Waals surface area contributed by atoms with Gasteiger partial charge in [0.15, 0.2) is 5.78 Å². The summed E-state index contributed by atoms with van der Waals surface area (Å²) in [5, 5.41) is 13.8. The molecule has 0 bridgehead atoms. The van der Waals surface area contributed by atoms with E-state index >= 15 is 0 Å². The number of nitrogens with zero attached hydrogens (tertiary/aromatic N) is 4. The van der Waals surface area contributed by atoms with Gasteiger partial charge in [-0.2, -0.15) is 5.10 Å². The third-order valence-electron chi connectivity index (χ3n) is 3.89. The van der Waals surface area contributed by atoms with Crippen molar-refractivity contribution < 1.29 is 14.7 Å². The molecule has 25 heavy (non-hydrogen) atoms. The topological polar surface area (TPSA) is 98.0 Å². The number of ketones is 1. The predicted molar refractivity (Wildman–Crippen MR) is 92.5 cm³/mol. The molecule has 7 heteroatoms. The normalized spacial score (nSPS) is 11.2. The van der Waals surface area contributed by atoms with E-state index in [9.17, 15) is 9.59 Å². The molecule has 0 spiro atoms. The number of carboxylic acids is 1. The highest BCUT2D eigenvalue weighted by Gasteiger charge is 2.16. The van der Waals surface area contributed by atoms with Crippen LogP contribution in [0.2, 0.25) is 0 Å². The monoisotopic (exact) mass is 338 g/mol. The maximum Gasteiger partial charge on any atom is 0.325 e. The highest BCUT2D eigenvalue weighted by atomic mass is 16.4. The number of hydrogen-bond donors (Lipinski definition) is 1. The summed E-state index contributed by atoms with van der Waals surface area (Å²) in [6.07, 6.45) is 3.50. The Morgan fingerprint density at radius 2 is 1.84 bits per heavy atom. The summed E-state index contributed by atoms with van der Waals surface area (Å²) < 4.78 is 1.33. The van der Waals surface area contributed by atoms with Crippen molar-refractivity contribution in [3.8, 4) is 11.1 Å². The van der Waals surface area contributed by atoms with Gasteiger partial charge in [-0.15, -0.1) is 0 Å². The fraction of sp³-hybridized carbons (Fsp3) is 0.278. The van der Waals surface area contributed by atoms with E-state index in [1.54, 1.807) is 18.5 Å². The lowest BCUT2D eigenvalue weighted by Gasteiger charge is -2.06. The van der Waals surface area contributed by atoms with Crippen molar-refractivity contribution in [1.82, 2.24) is 19.7 Å². The van der Waals surface area contributed by atoms with Gasteiger partial charge in [-0.25, -0.2) is 9.97 Å². The number of hydrogen-bond acceptors (Lipinski definition) is 5. The summed E-state index contributed by atoms with van der Waals surface area (Å²) >= 11 is 0. The fourth-order valence-electron chi connectivity index (χ4n) is 2.65. The first-order chi connectivity index (χ1) is 11.9. The number of benzene rings is 1. The van der Waals surface area contributed by atoms with Crippen LogP contribution in [0.15, 0.2) is 30.6 Å².